The smallest absolute Gasteiger partial charge is 0.223 e. The van der Waals surface area contributed by atoms with Crippen LogP contribution >= 0.6 is 23.8 Å². The highest BCUT2D eigenvalue weighted by molar-refractivity contribution is 7.80. The third-order valence-electron chi connectivity index (χ3n) is 2.30. The van der Waals surface area contributed by atoms with Crippen molar-refractivity contribution in [3.05, 3.63) is 34.9 Å². The van der Waals surface area contributed by atoms with Crippen molar-refractivity contribution in [3.8, 4) is 11.5 Å². The average Bonchev–Trinajstić information content (AvgIpc) is 2.81. The molecule has 2 aromatic heterocycles. The zero-order chi connectivity index (χ0) is 13.1. The maximum atomic E-state index is 5.87. The zero-order valence-corrected chi connectivity index (χ0v) is 11.5. The highest BCUT2D eigenvalue weighted by Gasteiger charge is 2.19. The number of furan rings is 1. The third kappa shape index (κ3) is 2.52. The van der Waals surface area contributed by atoms with E-state index in [2.05, 4.69) is 9.97 Å². The zero-order valence-electron chi connectivity index (χ0n) is 9.94. The standard InChI is InChI=1S/C12H11ClN2O2S/c1-3-16-11(18)9-7(2)14-12(13)15-10(9)8-5-4-6-17-8/h4-6H,3H2,1-2H3. The molecule has 0 fully saturated rings. The van der Waals surface area contributed by atoms with E-state index < -0.39 is 0 Å². The first-order valence-corrected chi connectivity index (χ1v) is 6.17. The first kappa shape index (κ1) is 13.0. The predicted octanol–water partition coefficient (Wildman–Crippen LogP) is 3.41. The van der Waals surface area contributed by atoms with Crippen LogP contribution in [0.5, 0.6) is 0 Å². The summed E-state index contributed by atoms with van der Waals surface area (Å²) in [6, 6.07) is 3.56. The number of hydrogen-bond donors (Lipinski definition) is 0. The number of halogens is 1. The lowest BCUT2D eigenvalue weighted by molar-refractivity contribution is 0.337. The lowest BCUT2D eigenvalue weighted by Gasteiger charge is -2.11. The second-order valence-corrected chi connectivity index (χ2v) is 4.21. The molecule has 94 valence electrons. The molecule has 0 unspecified atom stereocenters. The van der Waals surface area contributed by atoms with Gasteiger partial charge in [0, 0.05) is 0 Å². The SMILES string of the molecule is CCOC(=S)c1c(C)nc(Cl)nc1-c1ccco1. The highest BCUT2D eigenvalue weighted by atomic mass is 35.5. The van der Waals surface area contributed by atoms with Gasteiger partial charge in [-0.1, -0.05) is 0 Å². The largest absolute Gasteiger partial charge is 0.483 e. The summed E-state index contributed by atoms with van der Waals surface area (Å²) in [6.45, 7) is 4.16. The van der Waals surface area contributed by atoms with Crippen molar-refractivity contribution in [1.29, 1.82) is 0 Å². The summed E-state index contributed by atoms with van der Waals surface area (Å²) in [5.41, 5.74) is 1.86. The molecule has 0 aliphatic heterocycles. The first-order chi connectivity index (χ1) is 8.63. The molecule has 0 saturated heterocycles. The summed E-state index contributed by atoms with van der Waals surface area (Å²) < 4.78 is 10.7. The van der Waals surface area contributed by atoms with E-state index >= 15 is 0 Å². The van der Waals surface area contributed by atoms with Gasteiger partial charge in [-0.05, 0) is 49.8 Å². The van der Waals surface area contributed by atoms with E-state index in [1.54, 1.807) is 25.3 Å². The van der Waals surface area contributed by atoms with Crippen LogP contribution in [0.3, 0.4) is 0 Å². The number of nitrogens with zero attached hydrogens (tertiary/aromatic N) is 2. The van der Waals surface area contributed by atoms with Crippen LogP contribution in [0.25, 0.3) is 11.5 Å². The summed E-state index contributed by atoms with van der Waals surface area (Å²) in [5.74, 6) is 0.583. The van der Waals surface area contributed by atoms with Gasteiger partial charge in [-0.3, -0.25) is 0 Å². The number of ether oxygens (including phenoxy) is 1. The Labute approximate surface area is 115 Å². The number of aromatic nitrogens is 2. The van der Waals surface area contributed by atoms with E-state index in [9.17, 15) is 0 Å². The molecule has 0 spiro atoms. The minimum atomic E-state index is 0.155. The maximum absolute atomic E-state index is 5.87. The molecule has 0 atom stereocenters. The molecule has 0 aliphatic rings. The van der Waals surface area contributed by atoms with E-state index in [-0.39, 0.29) is 5.28 Å². The molecule has 2 rings (SSSR count). The molecule has 18 heavy (non-hydrogen) atoms. The van der Waals surface area contributed by atoms with Gasteiger partial charge in [-0.15, -0.1) is 0 Å². The minimum Gasteiger partial charge on any atom is -0.483 e. The Bertz CT molecular complexity index is 570. The lowest BCUT2D eigenvalue weighted by Crippen LogP contribution is -2.10. The normalized spacial score (nSPS) is 10.4. The van der Waals surface area contributed by atoms with Gasteiger partial charge in [0.15, 0.2) is 10.8 Å². The van der Waals surface area contributed by atoms with Crippen LogP contribution in [0.1, 0.15) is 18.2 Å². The van der Waals surface area contributed by atoms with E-state index in [1.165, 1.54) is 0 Å². The van der Waals surface area contributed by atoms with Crippen molar-refractivity contribution in [3.63, 3.8) is 0 Å². The molecule has 4 nitrogen and oxygen atoms in total. The molecule has 0 N–H and O–H groups in total. The number of hydrogen-bond acceptors (Lipinski definition) is 5. The summed E-state index contributed by atoms with van der Waals surface area (Å²) in [5, 5.41) is 0.500. The Kier molecular flexibility index (Phi) is 3.93. The minimum absolute atomic E-state index is 0.155. The Morgan fingerprint density at radius 3 is 2.89 bits per heavy atom. The van der Waals surface area contributed by atoms with Crippen molar-refractivity contribution in [2.24, 2.45) is 0 Å². The fraction of sp³-hybridized carbons (Fsp3) is 0.250. The molecule has 0 aliphatic carbocycles. The van der Waals surface area contributed by atoms with Crippen LogP contribution in [0.15, 0.2) is 22.8 Å². The van der Waals surface area contributed by atoms with Gasteiger partial charge < -0.3 is 9.15 Å². The van der Waals surface area contributed by atoms with Gasteiger partial charge in [0.2, 0.25) is 5.28 Å². The van der Waals surface area contributed by atoms with Gasteiger partial charge in [-0.2, -0.15) is 0 Å². The fourth-order valence-electron chi connectivity index (χ4n) is 1.58. The molecule has 0 amide bonds. The molecule has 0 saturated carbocycles. The van der Waals surface area contributed by atoms with Crippen LogP contribution in [-0.2, 0) is 4.74 Å². The van der Waals surface area contributed by atoms with Crippen molar-refractivity contribution < 1.29 is 9.15 Å². The van der Waals surface area contributed by atoms with E-state index in [0.29, 0.717) is 34.4 Å². The van der Waals surface area contributed by atoms with Gasteiger partial charge >= 0.3 is 0 Å². The van der Waals surface area contributed by atoms with Gasteiger partial charge in [0.05, 0.1) is 24.1 Å². The van der Waals surface area contributed by atoms with Gasteiger partial charge in [-0.25, -0.2) is 9.97 Å². The van der Waals surface area contributed by atoms with Crippen molar-refractivity contribution in [1.82, 2.24) is 9.97 Å². The number of aryl methyl sites for hydroxylation is 1. The predicted molar refractivity (Wildman–Crippen MR) is 72.8 cm³/mol. The number of thiocarbonyl (C=S) groups is 1. The van der Waals surface area contributed by atoms with Crippen LogP contribution in [0, 0.1) is 6.92 Å². The highest BCUT2D eigenvalue weighted by Crippen LogP contribution is 2.26. The fourth-order valence-corrected chi connectivity index (χ4v) is 2.15. The third-order valence-corrected chi connectivity index (χ3v) is 2.79. The summed E-state index contributed by atoms with van der Waals surface area (Å²) >= 11 is 11.1. The Morgan fingerprint density at radius 2 is 2.28 bits per heavy atom. The maximum Gasteiger partial charge on any atom is 0.223 e. The molecule has 2 heterocycles. The molecule has 2 aromatic rings. The van der Waals surface area contributed by atoms with Gasteiger partial charge in [0.1, 0.15) is 5.69 Å². The average molecular weight is 283 g/mol. The van der Waals surface area contributed by atoms with Crippen molar-refractivity contribution >= 4 is 28.9 Å². The second kappa shape index (κ2) is 5.46. The summed E-state index contributed by atoms with van der Waals surface area (Å²) in [4.78, 5) is 8.27. The topological polar surface area (TPSA) is 48.2 Å². The molecular formula is C12H11ClN2O2S. The van der Waals surface area contributed by atoms with Crippen LogP contribution < -0.4 is 0 Å². The Balaban J connectivity index is 2.59. The lowest BCUT2D eigenvalue weighted by atomic mass is 10.1. The van der Waals surface area contributed by atoms with E-state index in [0.717, 1.165) is 0 Å². The van der Waals surface area contributed by atoms with Crippen LogP contribution in [-0.4, -0.2) is 21.6 Å². The van der Waals surface area contributed by atoms with Crippen LogP contribution in [0.4, 0.5) is 0 Å². The van der Waals surface area contributed by atoms with Crippen molar-refractivity contribution in [2.75, 3.05) is 6.61 Å². The van der Waals surface area contributed by atoms with E-state index in [1.807, 2.05) is 6.92 Å². The molecule has 6 heteroatoms. The van der Waals surface area contributed by atoms with E-state index in [4.69, 9.17) is 33.0 Å². The van der Waals surface area contributed by atoms with Crippen LogP contribution in [0.2, 0.25) is 5.28 Å². The molecule has 0 aromatic carbocycles. The summed E-state index contributed by atoms with van der Waals surface area (Å²) in [7, 11) is 0. The van der Waals surface area contributed by atoms with Gasteiger partial charge in [0.25, 0.3) is 0 Å². The molecular weight excluding hydrogens is 272 g/mol. The number of rotatable bonds is 3. The second-order valence-electron chi connectivity index (χ2n) is 3.50. The Hall–Kier alpha value is -1.46. The Morgan fingerprint density at radius 1 is 1.50 bits per heavy atom. The monoisotopic (exact) mass is 282 g/mol. The van der Waals surface area contributed by atoms with Crippen molar-refractivity contribution in [2.45, 2.75) is 13.8 Å². The molecule has 0 radical (unpaired) electrons. The first-order valence-electron chi connectivity index (χ1n) is 5.38. The quantitative estimate of drug-likeness (QED) is 0.638. The summed E-state index contributed by atoms with van der Waals surface area (Å²) in [6.07, 6.45) is 1.56. The molecule has 0 bridgehead atoms.